The van der Waals surface area contributed by atoms with Gasteiger partial charge >= 0.3 is 5.97 Å². The summed E-state index contributed by atoms with van der Waals surface area (Å²) in [6.45, 7) is 0. The molecule has 24 heavy (non-hydrogen) atoms. The number of anilines is 1. The fourth-order valence-corrected chi connectivity index (χ4v) is 1.81. The molecule has 6 heteroatoms. The number of esters is 1. The van der Waals surface area contributed by atoms with Gasteiger partial charge in [-0.1, -0.05) is 6.07 Å². The van der Waals surface area contributed by atoms with Gasteiger partial charge in [-0.3, -0.25) is 0 Å². The molecule has 0 amide bonds. The number of carbonyl (C=O) groups excluding carboxylic acids is 1. The highest BCUT2D eigenvalue weighted by Gasteiger charge is 2.05. The highest BCUT2D eigenvalue weighted by atomic mass is 16.5. The molecule has 0 spiro atoms. The zero-order valence-electron chi connectivity index (χ0n) is 12.8. The lowest BCUT2D eigenvalue weighted by atomic mass is 10.2. The minimum absolute atomic E-state index is 0.0280. The van der Waals surface area contributed by atoms with E-state index >= 15 is 0 Å². The lowest BCUT2D eigenvalue weighted by Crippen LogP contribution is -2.00. The van der Waals surface area contributed by atoms with Crippen LogP contribution in [0.2, 0.25) is 0 Å². The number of hydrogen-bond acceptors (Lipinski definition) is 6. The Morgan fingerprint density at radius 3 is 2.42 bits per heavy atom. The number of rotatable bonds is 5. The van der Waals surface area contributed by atoms with Gasteiger partial charge in [-0.05, 0) is 36.4 Å². The van der Waals surface area contributed by atoms with E-state index in [9.17, 15) is 4.79 Å². The van der Waals surface area contributed by atoms with E-state index in [4.69, 9.17) is 15.3 Å². The molecule has 118 valence electrons. The van der Waals surface area contributed by atoms with Crippen molar-refractivity contribution in [2.45, 2.75) is 0 Å². The van der Waals surface area contributed by atoms with Gasteiger partial charge in [-0.2, -0.15) is 10.5 Å². The van der Waals surface area contributed by atoms with Gasteiger partial charge in [0, 0.05) is 18.0 Å². The molecule has 0 atom stereocenters. The van der Waals surface area contributed by atoms with Crippen LogP contribution in [0.4, 0.5) is 5.69 Å². The number of nitriles is 2. The van der Waals surface area contributed by atoms with Crippen molar-refractivity contribution in [3.8, 4) is 23.6 Å². The van der Waals surface area contributed by atoms with E-state index in [1.165, 1.54) is 13.3 Å². The van der Waals surface area contributed by atoms with Crippen molar-refractivity contribution >= 4 is 11.7 Å². The second kappa shape index (κ2) is 8.02. The third kappa shape index (κ3) is 4.36. The Hall–Kier alpha value is -3.77. The average Bonchev–Trinajstić information content (AvgIpc) is 2.63. The molecule has 0 saturated carbocycles. The molecular weight excluding hydrogens is 306 g/mol. The third-order valence-electron chi connectivity index (χ3n) is 2.97. The second-order valence-corrected chi connectivity index (χ2v) is 4.57. The van der Waals surface area contributed by atoms with Gasteiger partial charge in [0.2, 0.25) is 0 Å². The maximum absolute atomic E-state index is 11.4. The van der Waals surface area contributed by atoms with Gasteiger partial charge in [-0.25, -0.2) is 4.79 Å². The fraction of sp³-hybridized carbons (Fsp3) is 0.0556. The van der Waals surface area contributed by atoms with Gasteiger partial charge in [-0.15, -0.1) is 0 Å². The first kappa shape index (κ1) is 16.6. The van der Waals surface area contributed by atoms with E-state index in [1.807, 2.05) is 0 Å². The minimum Gasteiger partial charge on any atom is -0.465 e. The number of carbonyl (C=O) groups is 1. The first-order chi connectivity index (χ1) is 11.7. The summed E-state index contributed by atoms with van der Waals surface area (Å²) in [5.41, 5.74) is 1.08. The van der Waals surface area contributed by atoms with Crippen LogP contribution in [0, 0.1) is 22.7 Å². The lowest BCUT2D eigenvalue weighted by molar-refractivity contribution is 0.0600. The van der Waals surface area contributed by atoms with Crippen molar-refractivity contribution in [3.05, 3.63) is 65.9 Å². The van der Waals surface area contributed by atoms with Gasteiger partial charge in [0.1, 0.15) is 29.2 Å². The molecule has 2 aromatic carbocycles. The first-order valence-corrected chi connectivity index (χ1v) is 6.89. The molecule has 6 nitrogen and oxygen atoms in total. The Morgan fingerprint density at radius 1 is 1.08 bits per heavy atom. The zero-order valence-corrected chi connectivity index (χ0v) is 12.8. The van der Waals surface area contributed by atoms with Crippen LogP contribution in [0.5, 0.6) is 11.5 Å². The van der Waals surface area contributed by atoms with Crippen molar-refractivity contribution in [1.82, 2.24) is 0 Å². The Balaban J connectivity index is 2.10. The summed E-state index contributed by atoms with van der Waals surface area (Å²) in [6, 6.07) is 17.1. The van der Waals surface area contributed by atoms with Gasteiger partial charge in [0.05, 0.1) is 12.7 Å². The molecule has 0 heterocycles. The van der Waals surface area contributed by atoms with E-state index in [1.54, 1.807) is 60.7 Å². The van der Waals surface area contributed by atoms with Crippen LogP contribution in [0.15, 0.2) is 60.3 Å². The predicted octanol–water partition coefficient (Wildman–Crippen LogP) is 3.61. The minimum atomic E-state index is -0.412. The Labute approximate surface area is 139 Å². The van der Waals surface area contributed by atoms with Crippen molar-refractivity contribution in [2.24, 2.45) is 0 Å². The second-order valence-electron chi connectivity index (χ2n) is 4.57. The van der Waals surface area contributed by atoms with Crippen molar-refractivity contribution < 1.29 is 14.3 Å². The average molecular weight is 319 g/mol. The molecule has 0 saturated heterocycles. The number of nitrogens with zero attached hydrogens (tertiary/aromatic N) is 2. The summed E-state index contributed by atoms with van der Waals surface area (Å²) in [6.07, 6.45) is 1.32. The van der Waals surface area contributed by atoms with Crippen LogP contribution in [0.25, 0.3) is 0 Å². The van der Waals surface area contributed by atoms with E-state index in [2.05, 4.69) is 10.1 Å². The number of hydrogen-bond donors (Lipinski definition) is 1. The van der Waals surface area contributed by atoms with Crippen molar-refractivity contribution in [3.63, 3.8) is 0 Å². The van der Waals surface area contributed by atoms with Crippen molar-refractivity contribution in [2.75, 3.05) is 12.4 Å². The zero-order chi connectivity index (χ0) is 17.4. The largest absolute Gasteiger partial charge is 0.465 e. The maximum Gasteiger partial charge on any atom is 0.337 e. The number of nitrogens with one attached hydrogen (secondary N) is 1. The summed E-state index contributed by atoms with van der Waals surface area (Å²) in [5.74, 6) is 0.713. The molecular formula is C18H13N3O3. The molecule has 2 aromatic rings. The molecule has 0 bridgehead atoms. The summed E-state index contributed by atoms with van der Waals surface area (Å²) in [5, 5.41) is 20.2. The predicted molar refractivity (Wildman–Crippen MR) is 87.2 cm³/mol. The SMILES string of the molecule is COC(=O)c1ccc(Oc2cccc(NC=C(C#N)C#N)c2)cc1. The van der Waals surface area contributed by atoms with E-state index in [0.29, 0.717) is 22.7 Å². The Bertz CT molecular complexity index is 827. The molecule has 0 radical (unpaired) electrons. The highest BCUT2D eigenvalue weighted by Crippen LogP contribution is 2.24. The van der Waals surface area contributed by atoms with E-state index in [0.717, 1.165) is 0 Å². The van der Waals surface area contributed by atoms with Gasteiger partial charge < -0.3 is 14.8 Å². The van der Waals surface area contributed by atoms with Crippen LogP contribution in [0.1, 0.15) is 10.4 Å². The third-order valence-corrected chi connectivity index (χ3v) is 2.97. The number of allylic oxidation sites excluding steroid dienone is 1. The van der Waals surface area contributed by atoms with Gasteiger partial charge in [0.15, 0.2) is 0 Å². The Kier molecular flexibility index (Phi) is 5.55. The van der Waals surface area contributed by atoms with Gasteiger partial charge in [0.25, 0.3) is 0 Å². The van der Waals surface area contributed by atoms with Crippen LogP contribution in [-0.2, 0) is 4.74 Å². The van der Waals surface area contributed by atoms with Crippen LogP contribution >= 0.6 is 0 Å². The normalized spacial score (nSPS) is 9.12. The molecule has 0 fully saturated rings. The number of ether oxygens (including phenoxy) is 2. The first-order valence-electron chi connectivity index (χ1n) is 6.89. The molecule has 0 aromatic heterocycles. The molecule has 0 aliphatic heterocycles. The standard InChI is InChI=1S/C18H13N3O3/c1-23-18(22)14-5-7-16(8-6-14)24-17-4-2-3-15(9-17)21-12-13(10-19)11-20/h2-9,12,21H,1H3. The summed E-state index contributed by atoms with van der Waals surface area (Å²) >= 11 is 0. The van der Waals surface area contributed by atoms with E-state index in [-0.39, 0.29) is 5.57 Å². The van der Waals surface area contributed by atoms with Crippen LogP contribution in [-0.4, -0.2) is 13.1 Å². The molecule has 1 N–H and O–H groups in total. The number of methoxy groups -OCH3 is 1. The molecule has 2 rings (SSSR count). The smallest absolute Gasteiger partial charge is 0.337 e. The van der Waals surface area contributed by atoms with E-state index < -0.39 is 5.97 Å². The monoisotopic (exact) mass is 319 g/mol. The topological polar surface area (TPSA) is 95.1 Å². The van der Waals surface area contributed by atoms with Crippen LogP contribution < -0.4 is 10.1 Å². The van der Waals surface area contributed by atoms with Crippen LogP contribution in [0.3, 0.4) is 0 Å². The fourth-order valence-electron chi connectivity index (χ4n) is 1.81. The molecule has 0 aliphatic rings. The summed E-state index contributed by atoms with van der Waals surface area (Å²) < 4.78 is 10.3. The van der Waals surface area contributed by atoms with Crippen molar-refractivity contribution in [1.29, 1.82) is 10.5 Å². The molecule has 0 unspecified atom stereocenters. The quantitative estimate of drug-likeness (QED) is 0.668. The summed E-state index contributed by atoms with van der Waals surface area (Å²) in [7, 11) is 1.32. The summed E-state index contributed by atoms with van der Waals surface area (Å²) in [4.78, 5) is 11.4. The maximum atomic E-state index is 11.4. The Morgan fingerprint density at radius 2 is 1.79 bits per heavy atom. The molecule has 0 aliphatic carbocycles. The number of benzene rings is 2. The lowest BCUT2D eigenvalue weighted by Gasteiger charge is -2.08. The highest BCUT2D eigenvalue weighted by molar-refractivity contribution is 5.89.